The summed E-state index contributed by atoms with van der Waals surface area (Å²) in [7, 11) is 1.85. The predicted octanol–water partition coefficient (Wildman–Crippen LogP) is 1.44. The maximum absolute atomic E-state index is 10.8. The van der Waals surface area contributed by atoms with Gasteiger partial charge in [0, 0.05) is 6.04 Å². The molecule has 3 nitrogen and oxygen atoms in total. The topological polar surface area (TPSA) is 40.5 Å². The van der Waals surface area contributed by atoms with E-state index in [0.717, 1.165) is 0 Å². The fourth-order valence-corrected chi connectivity index (χ4v) is 1.25. The van der Waals surface area contributed by atoms with Gasteiger partial charge in [-0.15, -0.1) is 0 Å². The van der Waals surface area contributed by atoms with Gasteiger partial charge in [-0.25, -0.2) is 0 Å². The molecule has 0 unspecified atom stereocenters. The van der Waals surface area contributed by atoms with Gasteiger partial charge in [0.15, 0.2) is 0 Å². The van der Waals surface area contributed by atoms with Gasteiger partial charge in [-0.2, -0.15) is 0 Å². The van der Waals surface area contributed by atoms with Crippen molar-refractivity contribution < 1.29 is 9.90 Å². The highest BCUT2D eigenvalue weighted by atomic mass is 16.4. The van der Waals surface area contributed by atoms with Crippen molar-refractivity contribution in [3.63, 3.8) is 0 Å². The summed E-state index contributed by atoms with van der Waals surface area (Å²) < 4.78 is 0. The molecule has 0 saturated heterocycles. The zero-order chi connectivity index (χ0) is 9.89. The SMILES string of the molecule is CC(C)[C@@H](C(=O)O)N(C)C(C)C. The summed E-state index contributed by atoms with van der Waals surface area (Å²) >= 11 is 0. The molecule has 72 valence electrons. The van der Waals surface area contributed by atoms with E-state index in [-0.39, 0.29) is 18.0 Å². The average Bonchev–Trinajstić information content (AvgIpc) is 1.85. The third kappa shape index (κ3) is 2.81. The van der Waals surface area contributed by atoms with Gasteiger partial charge >= 0.3 is 5.97 Å². The van der Waals surface area contributed by atoms with Gasteiger partial charge in [-0.1, -0.05) is 13.8 Å². The first-order valence-electron chi connectivity index (χ1n) is 4.32. The van der Waals surface area contributed by atoms with E-state index in [4.69, 9.17) is 5.11 Å². The third-order valence-corrected chi connectivity index (χ3v) is 2.14. The minimum absolute atomic E-state index is 0.148. The predicted molar refractivity (Wildman–Crippen MR) is 49.2 cm³/mol. The fourth-order valence-electron chi connectivity index (χ4n) is 1.25. The molecule has 0 aromatic carbocycles. The number of hydrogen-bond donors (Lipinski definition) is 1. The zero-order valence-corrected chi connectivity index (χ0v) is 8.53. The molecule has 12 heavy (non-hydrogen) atoms. The van der Waals surface area contributed by atoms with Gasteiger partial charge in [-0.3, -0.25) is 9.69 Å². The van der Waals surface area contributed by atoms with Crippen LogP contribution in [0.3, 0.4) is 0 Å². The molecule has 0 aliphatic rings. The van der Waals surface area contributed by atoms with Gasteiger partial charge in [0.25, 0.3) is 0 Å². The molecule has 3 heteroatoms. The number of nitrogens with zero attached hydrogens (tertiary/aromatic N) is 1. The Bertz CT molecular complexity index is 155. The maximum atomic E-state index is 10.8. The Labute approximate surface area is 74.4 Å². The number of carboxylic acid groups (broad SMARTS) is 1. The van der Waals surface area contributed by atoms with E-state index >= 15 is 0 Å². The molecule has 0 bridgehead atoms. The molecule has 0 heterocycles. The van der Waals surface area contributed by atoms with Crippen LogP contribution in [0.5, 0.6) is 0 Å². The molecule has 1 atom stereocenters. The van der Waals surface area contributed by atoms with Crippen LogP contribution in [0, 0.1) is 5.92 Å². The minimum Gasteiger partial charge on any atom is -0.480 e. The second-order valence-corrected chi connectivity index (χ2v) is 3.79. The normalized spacial score (nSPS) is 14.3. The van der Waals surface area contributed by atoms with Gasteiger partial charge in [-0.05, 0) is 26.8 Å². The number of hydrogen-bond acceptors (Lipinski definition) is 2. The van der Waals surface area contributed by atoms with Crippen molar-refractivity contribution in [1.29, 1.82) is 0 Å². The first-order valence-corrected chi connectivity index (χ1v) is 4.32. The molecule has 0 saturated carbocycles. The molecule has 0 aromatic heterocycles. The van der Waals surface area contributed by atoms with Crippen molar-refractivity contribution in [3.8, 4) is 0 Å². The Morgan fingerprint density at radius 3 is 1.75 bits per heavy atom. The van der Waals surface area contributed by atoms with E-state index in [9.17, 15) is 4.79 Å². The second kappa shape index (κ2) is 4.45. The molecule has 0 aromatic rings. The lowest BCUT2D eigenvalue weighted by Crippen LogP contribution is -2.45. The standard InChI is InChI=1S/C9H19NO2/c1-6(2)8(9(11)12)10(5)7(3)4/h6-8H,1-5H3,(H,11,12)/t8-/m0/s1. The first kappa shape index (κ1) is 11.4. The lowest BCUT2D eigenvalue weighted by molar-refractivity contribution is -0.145. The molecule has 1 N–H and O–H groups in total. The van der Waals surface area contributed by atoms with Crippen LogP contribution in [-0.2, 0) is 4.79 Å². The summed E-state index contributed by atoms with van der Waals surface area (Å²) in [6, 6.07) is -0.0986. The number of aliphatic carboxylic acids is 1. The summed E-state index contributed by atoms with van der Waals surface area (Å²) in [5, 5.41) is 8.92. The second-order valence-electron chi connectivity index (χ2n) is 3.79. The minimum atomic E-state index is -0.735. The quantitative estimate of drug-likeness (QED) is 0.699. The van der Waals surface area contributed by atoms with Crippen molar-refractivity contribution in [2.45, 2.75) is 39.8 Å². The van der Waals surface area contributed by atoms with Crippen molar-refractivity contribution in [2.75, 3.05) is 7.05 Å². The smallest absolute Gasteiger partial charge is 0.321 e. The maximum Gasteiger partial charge on any atom is 0.321 e. The molecule has 0 radical (unpaired) electrons. The van der Waals surface area contributed by atoms with Gasteiger partial charge in [0.05, 0.1) is 0 Å². The van der Waals surface area contributed by atoms with E-state index in [1.807, 2.05) is 39.6 Å². The Hall–Kier alpha value is -0.570. The number of likely N-dealkylation sites (N-methyl/N-ethyl adjacent to an activating group) is 1. The molecular formula is C9H19NO2. The van der Waals surface area contributed by atoms with Crippen LogP contribution in [0.4, 0.5) is 0 Å². The summed E-state index contributed by atoms with van der Waals surface area (Å²) in [4.78, 5) is 12.7. The van der Waals surface area contributed by atoms with Crippen LogP contribution in [0.1, 0.15) is 27.7 Å². The molecular weight excluding hydrogens is 154 g/mol. The van der Waals surface area contributed by atoms with E-state index in [0.29, 0.717) is 0 Å². The van der Waals surface area contributed by atoms with Crippen LogP contribution in [-0.4, -0.2) is 35.1 Å². The Morgan fingerprint density at radius 2 is 1.67 bits per heavy atom. The summed E-state index contributed by atoms with van der Waals surface area (Å²) in [5.41, 5.74) is 0. The first-order chi connectivity index (χ1) is 5.37. The van der Waals surface area contributed by atoms with E-state index in [1.165, 1.54) is 0 Å². The number of carbonyl (C=O) groups is 1. The Kier molecular flexibility index (Phi) is 4.24. The van der Waals surface area contributed by atoms with Crippen LogP contribution < -0.4 is 0 Å². The lowest BCUT2D eigenvalue weighted by Gasteiger charge is -2.30. The largest absolute Gasteiger partial charge is 0.480 e. The third-order valence-electron chi connectivity index (χ3n) is 2.14. The highest BCUT2D eigenvalue weighted by molar-refractivity contribution is 5.73. The fraction of sp³-hybridized carbons (Fsp3) is 0.889. The van der Waals surface area contributed by atoms with Gasteiger partial charge in [0.1, 0.15) is 6.04 Å². The van der Waals surface area contributed by atoms with E-state index < -0.39 is 5.97 Å². The molecule has 0 amide bonds. The van der Waals surface area contributed by atoms with Crippen molar-refractivity contribution in [2.24, 2.45) is 5.92 Å². The van der Waals surface area contributed by atoms with Crippen molar-refractivity contribution in [1.82, 2.24) is 4.90 Å². The number of rotatable bonds is 4. The van der Waals surface area contributed by atoms with Crippen molar-refractivity contribution >= 4 is 5.97 Å². The molecule has 0 fully saturated rings. The zero-order valence-electron chi connectivity index (χ0n) is 8.53. The van der Waals surface area contributed by atoms with E-state index in [1.54, 1.807) is 0 Å². The van der Waals surface area contributed by atoms with E-state index in [2.05, 4.69) is 0 Å². The van der Waals surface area contributed by atoms with Crippen LogP contribution in [0.25, 0.3) is 0 Å². The average molecular weight is 173 g/mol. The summed E-state index contributed by atoms with van der Waals surface area (Å²) in [6.45, 7) is 7.85. The highest BCUT2D eigenvalue weighted by Crippen LogP contribution is 2.11. The highest BCUT2D eigenvalue weighted by Gasteiger charge is 2.27. The van der Waals surface area contributed by atoms with Crippen LogP contribution >= 0.6 is 0 Å². The lowest BCUT2D eigenvalue weighted by atomic mass is 10.0. The van der Waals surface area contributed by atoms with Crippen LogP contribution in [0.15, 0.2) is 0 Å². The monoisotopic (exact) mass is 173 g/mol. The summed E-state index contributed by atoms with van der Waals surface area (Å²) in [6.07, 6.45) is 0. The Morgan fingerprint density at radius 1 is 1.25 bits per heavy atom. The molecule has 0 aliphatic carbocycles. The number of carboxylic acids is 1. The summed E-state index contributed by atoms with van der Waals surface area (Å²) in [5.74, 6) is -0.587. The van der Waals surface area contributed by atoms with Gasteiger partial charge < -0.3 is 5.11 Å². The van der Waals surface area contributed by atoms with Crippen LogP contribution in [0.2, 0.25) is 0 Å². The molecule has 0 aliphatic heterocycles. The molecule has 0 rings (SSSR count). The molecule has 0 spiro atoms. The van der Waals surface area contributed by atoms with Gasteiger partial charge in [0.2, 0.25) is 0 Å². The Balaban J connectivity index is 4.40. The van der Waals surface area contributed by atoms with Crippen molar-refractivity contribution in [3.05, 3.63) is 0 Å².